The summed E-state index contributed by atoms with van der Waals surface area (Å²) in [6.45, 7) is 1.62. The topological polar surface area (TPSA) is 76.3 Å². The second-order valence-corrected chi connectivity index (χ2v) is 6.33. The summed E-state index contributed by atoms with van der Waals surface area (Å²) in [5.41, 5.74) is 0.779. The zero-order valence-corrected chi connectivity index (χ0v) is 14.3. The number of amides is 1. The fourth-order valence-electron chi connectivity index (χ4n) is 2.89. The van der Waals surface area contributed by atoms with Gasteiger partial charge in [-0.2, -0.15) is 0 Å². The van der Waals surface area contributed by atoms with Gasteiger partial charge in [0.05, 0.1) is 17.6 Å². The summed E-state index contributed by atoms with van der Waals surface area (Å²) in [6.07, 6.45) is 0. The maximum Gasteiger partial charge on any atom is 0.329 e. The summed E-state index contributed by atoms with van der Waals surface area (Å²) in [4.78, 5) is 24.6. The number of para-hydroxylation sites is 2. The molecule has 0 saturated heterocycles. The van der Waals surface area contributed by atoms with Gasteiger partial charge in [-0.25, -0.2) is 4.79 Å². The number of rotatable bonds is 5. The zero-order chi connectivity index (χ0) is 18.0. The van der Waals surface area contributed by atoms with Crippen molar-refractivity contribution in [2.75, 3.05) is 6.54 Å². The molecular weight excluding hydrogens is 318 g/mol. The number of nitrogens with zero attached hydrogens (tertiary/aromatic N) is 2. The minimum Gasteiger partial charge on any atom is -0.384 e. The number of carbonyl (C=O) groups is 1. The molecule has 1 unspecified atom stereocenters. The molecule has 1 amide bonds. The van der Waals surface area contributed by atoms with E-state index in [-0.39, 0.29) is 24.7 Å². The van der Waals surface area contributed by atoms with Crippen LogP contribution in [0.4, 0.5) is 0 Å². The molecule has 130 valence electrons. The van der Waals surface area contributed by atoms with Crippen LogP contribution in [0.25, 0.3) is 11.0 Å². The van der Waals surface area contributed by atoms with Gasteiger partial charge in [-0.05, 0) is 24.6 Å². The van der Waals surface area contributed by atoms with E-state index in [9.17, 15) is 14.7 Å². The summed E-state index contributed by atoms with van der Waals surface area (Å²) in [6, 6.07) is 16.5. The maximum atomic E-state index is 12.3. The van der Waals surface area contributed by atoms with E-state index in [0.717, 1.165) is 11.1 Å². The quantitative estimate of drug-likeness (QED) is 0.737. The van der Waals surface area contributed by atoms with E-state index in [4.69, 9.17) is 0 Å². The molecule has 0 aliphatic rings. The lowest BCUT2D eigenvalue weighted by molar-refractivity contribution is -0.122. The lowest BCUT2D eigenvalue weighted by atomic mass is 9.96. The molecule has 0 radical (unpaired) electrons. The number of aryl methyl sites for hydroxylation is 1. The largest absolute Gasteiger partial charge is 0.384 e. The average Bonchev–Trinajstić information content (AvgIpc) is 2.86. The van der Waals surface area contributed by atoms with Gasteiger partial charge in [0.15, 0.2) is 0 Å². The minimum atomic E-state index is -1.18. The second-order valence-electron chi connectivity index (χ2n) is 6.33. The predicted molar refractivity (Wildman–Crippen MR) is 96.2 cm³/mol. The maximum absolute atomic E-state index is 12.3. The number of hydrogen-bond acceptors (Lipinski definition) is 3. The molecule has 0 saturated carbocycles. The number of aliphatic hydroxyl groups is 1. The third kappa shape index (κ3) is 3.34. The minimum absolute atomic E-state index is 0.0648. The average molecular weight is 339 g/mol. The fourth-order valence-corrected chi connectivity index (χ4v) is 2.89. The molecule has 0 aliphatic heterocycles. The van der Waals surface area contributed by atoms with Crippen LogP contribution >= 0.6 is 0 Å². The Bertz CT molecular complexity index is 955. The van der Waals surface area contributed by atoms with Gasteiger partial charge < -0.3 is 10.4 Å². The normalized spacial score (nSPS) is 13.6. The molecule has 2 N–H and O–H groups in total. The number of hydrogen-bond donors (Lipinski definition) is 2. The van der Waals surface area contributed by atoms with Crippen LogP contribution in [-0.2, 0) is 24.0 Å². The van der Waals surface area contributed by atoms with Crippen molar-refractivity contribution in [2.45, 2.75) is 19.1 Å². The van der Waals surface area contributed by atoms with Crippen molar-refractivity contribution >= 4 is 16.9 Å². The smallest absolute Gasteiger partial charge is 0.329 e. The molecule has 1 aromatic heterocycles. The van der Waals surface area contributed by atoms with Crippen molar-refractivity contribution in [2.24, 2.45) is 7.05 Å². The van der Waals surface area contributed by atoms with Crippen LogP contribution in [0.3, 0.4) is 0 Å². The van der Waals surface area contributed by atoms with Crippen LogP contribution in [-0.4, -0.2) is 26.7 Å². The highest BCUT2D eigenvalue weighted by Gasteiger charge is 2.23. The highest BCUT2D eigenvalue weighted by atomic mass is 16.3. The van der Waals surface area contributed by atoms with Crippen LogP contribution in [0.15, 0.2) is 59.4 Å². The first-order valence-electron chi connectivity index (χ1n) is 8.09. The summed E-state index contributed by atoms with van der Waals surface area (Å²) in [7, 11) is 1.68. The van der Waals surface area contributed by atoms with E-state index < -0.39 is 5.60 Å². The third-order valence-corrected chi connectivity index (χ3v) is 4.38. The van der Waals surface area contributed by atoms with Crippen LogP contribution in [0.5, 0.6) is 0 Å². The summed E-state index contributed by atoms with van der Waals surface area (Å²) in [5, 5.41) is 13.3. The first-order valence-corrected chi connectivity index (χ1v) is 8.09. The Hall–Kier alpha value is -2.86. The molecule has 0 bridgehead atoms. The number of fused-ring (bicyclic) bond motifs is 1. The van der Waals surface area contributed by atoms with E-state index >= 15 is 0 Å². The number of nitrogens with one attached hydrogen (secondary N) is 1. The van der Waals surface area contributed by atoms with Gasteiger partial charge in [-0.3, -0.25) is 13.9 Å². The Morgan fingerprint density at radius 3 is 2.36 bits per heavy atom. The molecule has 25 heavy (non-hydrogen) atoms. The van der Waals surface area contributed by atoms with E-state index in [0.29, 0.717) is 5.52 Å². The monoisotopic (exact) mass is 339 g/mol. The van der Waals surface area contributed by atoms with E-state index in [1.807, 2.05) is 42.5 Å². The van der Waals surface area contributed by atoms with E-state index in [1.54, 1.807) is 26.1 Å². The van der Waals surface area contributed by atoms with Gasteiger partial charge in [0.2, 0.25) is 5.91 Å². The Kier molecular flexibility index (Phi) is 4.46. The molecule has 0 fully saturated rings. The summed E-state index contributed by atoms with van der Waals surface area (Å²) >= 11 is 0. The molecule has 1 heterocycles. The Labute approximate surface area is 145 Å². The standard InChI is InChI=1S/C19H21N3O3/c1-19(25,14-8-4-3-5-9-14)13-20-17(23)12-22-16-11-7-6-10-15(16)21(2)18(22)24/h3-11,25H,12-13H2,1-2H3,(H,20,23). The molecule has 1 atom stereocenters. The number of aromatic nitrogens is 2. The third-order valence-electron chi connectivity index (χ3n) is 4.38. The van der Waals surface area contributed by atoms with Gasteiger partial charge in [0.25, 0.3) is 0 Å². The highest BCUT2D eigenvalue weighted by molar-refractivity contribution is 5.80. The number of carbonyl (C=O) groups excluding carboxylic acids is 1. The van der Waals surface area contributed by atoms with E-state index in [2.05, 4.69) is 5.32 Å². The van der Waals surface area contributed by atoms with Crippen molar-refractivity contribution in [3.63, 3.8) is 0 Å². The van der Waals surface area contributed by atoms with Gasteiger partial charge in [-0.1, -0.05) is 42.5 Å². The highest BCUT2D eigenvalue weighted by Crippen LogP contribution is 2.19. The van der Waals surface area contributed by atoms with Crippen LogP contribution in [0.1, 0.15) is 12.5 Å². The lowest BCUT2D eigenvalue weighted by Crippen LogP contribution is -2.41. The molecule has 3 aromatic rings. The predicted octanol–water partition coefficient (Wildman–Crippen LogP) is 1.36. The fraction of sp³-hybridized carbons (Fsp3) is 0.263. The molecule has 3 rings (SSSR count). The van der Waals surface area contributed by atoms with Gasteiger partial charge in [0.1, 0.15) is 12.1 Å². The van der Waals surface area contributed by atoms with Gasteiger partial charge >= 0.3 is 5.69 Å². The molecule has 6 nitrogen and oxygen atoms in total. The second kappa shape index (κ2) is 6.57. The molecular formula is C19H21N3O3. The molecule has 0 aliphatic carbocycles. The van der Waals surface area contributed by atoms with Gasteiger partial charge in [-0.15, -0.1) is 0 Å². The molecule has 6 heteroatoms. The Morgan fingerprint density at radius 1 is 1.08 bits per heavy atom. The SMILES string of the molecule is Cn1c(=O)n(CC(=O)NCC(C)(O)c2ccccc2)c2ccccc21. The summed E-state index contributed by atoms with van der Waals surface area (Å²) < 4.78 is 2.95. The number of benzene rings is 2. The van der Waals surface area contributed by atoms with Gasteiger partial charge in [0, 0.05) is 7.05 Å². The van der Waals surface area contributed by atoms with Crippen LogP contribution in [0, 0.1) is 0 Å². The summed E-state index contributed by atoms with van der Waals surface area (Å²) in [5.74, 6) is -0.324. The van der Waals surface area contributed by atoms with Crippen molar-refractivity contribution in [3.05, 3.63) is 70.6 Å². The van der Waals surface area contributed by atoms with Crippen LogP contribution in [0.2, 0.25) is 0 Å². The first-order chi connectivity index (χ1) is 11.9. The van der Waals surface area contributed by atoms with Crippen LogP contribution < -0.4 is 11.0 Å². The first kappa shape index (κ1) is 17.0. The van der Waals surface area contributed by atoms with Crippen molar-refractivity contribution in [3.8, 4) is 0 Å². The van der Waals surface area contributed by atoms with Crippen molar-refractivity contribution < 1.29 is 9.90 Å². The Balaban J connectivity index is 1.74. The molecule has 2 aromatic carbocycles. The van der Waals surface area contributed by atoms with Crippen molar-refractivity contribution in [1.82, 2.24) is 14.5 Å². The molecule has 0 spiro atoms. The number of imidazole rings is 1. The lowest BCUT2D eigenvalue weighted by Gasteiger charge is -2.24. The van der Waals surface area contributed by atoms with Crippen molar-refractivity contribution in [1.29, 1.82) is 0 Å². The zero-order valence-electron chi connectivity index (χ0n) is 14.3. The van der Waals surface area contributed by atoms with E-state index in [1.165, 1.54) is 9.13 Å². The Morgan fingerprint density at radius 2 is 1.68 bits per heavy atom.